The number of phenols is 1. The van der Waals surface area contributed by atoms with Crippen LogP contribution in [0.4, 0.5) is 5.69 Å². The van der Waals surface area contributed by atoms with E-state index in [2.05, 4.69) is 15.3 Å². The molecule has 0 aliphatic carbocycles. The molecule has 2 heterocycles. The Balaban J connectivity index is 1.89. The first-order chi connectivity index (χ1) is 9.75. The predicted molar refractivity (Wildman–Crippen MR) is 79.2 cm³/mol. The standard InChI is InChI=1S/C15H20N4O/c1-18-13(10-12-4-2-3-5-15(12)20)14(11-17-18)19-8-6-16-7-9-19/h2-5,11,16,20H,6-10H2,1H3. The summed E-state index contributed by atoms with van der Waals surface area (Å²) in [5.41, 5.74) is 3.26. The van der Waals surface area contributed by atoms with Gasteiger partial charge >= 0.3 is 0 Å². The Morgan fingerprint density at radius 2 is 2.00 bits per heavy atom. The monoisotopic (exact) mass is 272 g/mol. The molecule has 1 fully saturated rings. The van der Waals surface area contributed by atoms with Gasteiger partial charge in [0.2, 0.25) is 0 Å². The van der Waals surface area contributed by atoms with E-state index in [-0.39, 0.29) is 0 Å². The number of benzene rings is 1. The van der Waals surface area contributed by atoms with E-state index in [0.29, 0.717) is 12.2 Å². The van der Waals surface area contributed by atoms with Crippen LogP contribution in [0, 0.1) is 0 Å². The van der Waals surface area contributed by atoms with E-state index >= 15 is 0 Å². The Labute approximate surface area is 118 Å². The number of nitrogens with one attached hydrogen (secondary N) is 1. The summed E-state index contributed by atoms with van der Waals surface area (Å²) in [6.45, 7) is 4.01. The second-order valence-corrected chi connectivity index (χ2v) is 5.14. The zero-order chi connectivity index (χ0) is 13.9. The van der Waals surface area contributed by atoms with Crippen molar-refractivity contribution < 1.29 is 5.11 Å². The molecule has 0 bridgehead atoms. The molecular weight excluding hydrogens is 252 g/mol. The summed E-state index contributed by atoms with van der Waals surface area (Å²) in [5, 5.41) is 17.7. The Morgan fingerprint density at radius 3 is 2.75 bits per heavy atom. The van der Waals surface area contributed by atoms with Gasteiger partial charge in [-0.05, 0) is 11.6 Å². The lowest BCUT2D eigenvalue weighted by molar-refractivity contribution is 0.469. The predicted octanol–water partition coefficient (Wildman–Crippen LogP) is 1.13. The van der Waals surface area contributed by atoms with Crippen LogP contribution in [0.5, 0.6) is 5.75 Å². The average Bonchev–Trinajstić information content (AvgIpc) is 2.84. The third-order valence-electron chi connectivity index (χ3n) is 3.85. The minimum atomic E-state index is 0.347. The van der Waals surface area contributed by atoms with Crippen LogP contribution < -0.4 is 10.2 Å². The van der Waals surface area contributed by atoms with Crippen LogP contribution in [0.1, 0.15) is 11.3 Å². The van der Waals surface area contributed by atoms with E-state index in [0.717, 1.165) is 37.4 Å². The van der Waals surface area contributed by atoms with Crippen LogP contribution in [0.3, 0.4) is 0 Å². The first-order valence-corrected chi connectivity index (χ1v) is 6.99. The molecule has 5 heteroatoms. The molecule has 3 rings (SSSR count). The molecule has 2 aromatic rings. The maximum absolute atomic E-state index is 9.95. The van der Waals surface area contributed by atoms with Gasteiger partial charge in [-0.15, -0.1) is 0 Å². The summed E-state index contributed by atoms with van der Waals surface area (Å²) in [6.07, 6.45) is 2.63. The Kier molecular flexibility index (Phi) is 3.60. The smallest absolute Gasteiger partial charge is 0.119 e. The summed E-state index contributed by atoms with van der Waals surface area (Å²) < 4.78 is 1.91. The number of aromatic hydroxyl groups is 1. The molecule has 106 valence electrons. The zero-order valence-corrected chi connectivity index (χ0v) is 11.7. The largest absolute Gasteiger partial charge is 0.508 e. The molecule has 0 saturated carbocycles. The van der Waals surface area contributed by atoms with Crippen LogP contribution in [0.15, 0.2) is 30.5 Å². The number of hydrogen-bond acceptors (Lipinski definition) is 4. The van der Waals surface area contributed by atoms with Crippen molar-refractivity contribution in [3.63, 3.8) is 0 Å². The topological polar surface area (TPSA) is 53.3 Å². The fourth-order valence-corrected chi connectivity index (χ4v) is 2.67. The molecule has 0 amide bonds. The number of aromatic nitrogens is 2. The second kappa shape index (κ2) is 5.54. The van der Waals surface area contributed by atoms with E-state index in [1.807, 2.05) is 36.1 Å². The van der Waals surface area contributed by atoms with Crippen LogP contribution in [-0.4, -0.2) is 41.1 Å². The Hall–Kier alpha value is -2.01. The molecule has 0 atom stereocenters. The van der Waals surface area contributed by atoms with E-state index in [1.165, 1.54) is 5.69 Å². The first kappa shape index (κ1) is 13.0. The third-order valence-corrected chi connectivity index (χ3v) is 3.85. The van der Waals surface area contributed by atoms with Crippen LogP contribution in [0.25, 0.3) is 0 Å². The van der Waals surface area contributed by atoms with Crippen LogP contribution >= 0.6 is 0 Å². The molecule has 0 radical (unpaired) electrons. The van der Waals surface area contributed by atoms with E-state index in [9.17, 15) is 5.11 Å². The van der Waals surface area contributed by atoms with Gasteiger partial charge in [-0.3, -0.25) is 4.68 Å². The summed E-state index contributed by atoms with van der Waals surface area (Å²) in [4.78, 5) is 2.36. The maximum Gasteiger partial charge on any atom is 0.119 e. The lowest BCUT2D eigenvalue weighted by Gasteiger charge is -2.29. The zero-order valence-electron chi connectivity index (χ0n) is 11.7. The van der Waals surface area contributed by atoms with Crippen molar-refractivity contribution in [1.29, 1.82) is 0 Å². The SMILES string of the molecule is Cn1ncc(N2CCNCC2)c1Cc1ccccc1O. The molecule has 0 unspecified atom stereocenters. The fourth-order valence-electron chi connectivity index (χ4n) is 2.67. The van der Waals surface area contributed by atoms with Crippen LogP contribution in [0.2, 0.25) is 0 Å². The number of nitrogens with zero attached hydrogens (tertiary/aromatic N) is 3. The highest BCUT2D eigenvalue weighted by Crippen LogP contribution is 2.26. The van der Waals surface area contributed by atoms with Gasteiger partial charge in [-0.2, -0.15) is 5.10 Å². The molecule has 1 aliphatic heterocycles. The maximum atomic E-state index is 9.95. The second-order valence-electron chi connectivity index (χ2n) is 5.14. The normalized spacial score (nSPS) is 15.6. The van der Waals surface area contributed by atoms with Crippen molar-refractivity contribution in [2.45, 2.75) is 6.42 Å². The number of phenolic OH excluding ortho intramolecular Hbond substituents is 1. The molecule has 20 heavy (non-hydrogen) atoms. The number of aryl methyl sites for hydroxylation is 1. The third kappa shape index (κ3) is 2.49. The lowest BCUT2D eigenvalue weighted by atomic mass is 10.1. The molecule has 1 aliphatic rings. The van der Waals surface area contributed by atoms with Crippen LogP contribution in [-0.2, 0) is 13.5 Å². The number of piperazine rings is 1. The molecule has 0 spiro atoms. The molecule has 2 N–H and O–H groups in total. The van der Waals surface area contributed by atoms with Gasteiger partial charge in [0.05, 0.1) is 17.6 Å². The summed E-state index contributed by atoms with van der Waals surface area (Å²) in [6, 6.07) is 7.50. The number of rotatable bonds is 3. The van der Waals surface area contributed by atoms with Crippen molar-refractivity contribution >= 4 is 5.69 Å². The highest BCUT2D eigenvalue weighted by Gasteiger charge is 2.18. The van der Waals surface area contributed by atoms with Gasteiger partial charge in [0.15, 0.2) is 0 Å². The van der Waals surface area contributed by atoms with Gasteiger partial charge in [-0.1, -0.05) is 18.2 Å². The van der Waals surface area contributed by atoms with E-state index < -0.39 is 0 Å². The highest BCUT2D eigenvalue weighted by atomic mass is 16.3. The van der Waals surface area contributed by atoms with E-state index in [1.54, 1.807) is 6.07 Å². The van der Waals surface area contributed by atoms with Crippen molar-refractivity contribution in [3.8, 4) is 5.75 Å². The van der Waals surface area contributed by atoms with Crippen molar-refractivity contribution in [1.82, 2.24) is 15.1 Å². The molecular formula is C15H20N4O. The average molecular weight is 272 g/mol. The molecule has 5 nitrogen and oxygen atoms in total. The molecule has 1 aromatic carbocycles. The number of para-hydroxylation sites is 1. The number of hydrogen-bond donors (Lipinski definition) is 2. The Morgan fingerprint density at radius 1 is 1.25 bits per heavy atom. The Bertz CT molecular complexity index is 587. The summed E-state index contributed by atoms with van der Waals surface area (Å²) in [5.74, 6) is 0.347. The summed E-state index contributed by atoms with van der Waals surface area (Å²) >= 11 is 0. The fraction of sp³-hybridized carbons (Fsp3) is 0.400. The minimum Gasteiger partial charge on any atom is -0.508 e. The molecule has 1 saturated heterocycles. The van der Waals surface area contributed by atoms with E-state index in [4.69, 9.17) is 0 Å². The van der Waals surface area contributed by atoms with Gasteiger partial charge in [-0.25, -0.2) is 0 Å². The van der Waals surface area contributed by atoms with Gasteiger partial charge in [0.1, 0.15) is 5.75 Å². The van der Waals surface area contributed by atoms with Crippen molar-refractivity contribution in [2.24, 2.45) is 7.05 Å². The molecule has 1 aromatic heterocycles. The first-order valence-electron chi connectivity index (χ1n) is 6.99. The summed E-state index contributed by atoms with van der Waals surface area (Å²) in [7, 11) is 1.96. The number of anilines is 1. The van der Waals surface area contributed by atoms with Gasteiger partial charge in [0.25, 0.3) is 0 Å². The van der Waals surface area contributed by atoms with Gasteiger partial charge < -0.3 is 15.3 Å². The van der Waals surface area contributed by atoms with Crippen molar-refractivity contribution in [2.75, 3.05) is 31.1 Å². The lowest BCUT2D eigenvalue weighted by Crippen LogP contribution is -2.43. The minimum absolute atomic E-state index is 0.347. The van der Waals surface area contributed by atoms with Gasteiger partial charge in [0, 0.05) is 39.6 Å². The van der Waals surface area contributed by atoms with Crippen molar-refractivity contribution in [3.05, 3.63) is 41.7 Å². The quantitative estimate of drug-likeness (QED) is 0.879. The highest BCUT2D eigenvalue weighted by molar-refractivity contribution is 5.52.